The fraction of sp³-hybridized carbons (Fsp3) is 0.400. The van der Waals surface area contributed by atoms with Crippen LogP contribution in [0.4, 0.5) is 0 Å². The first-order valence-electron chi connectivity index (χ1n) is 4.81. The molecule has 5 heteroatoms. The molecule has 0 atom stereocenters. The molecule has 0 spiro atoms. The molecule has 2 rings (SSSR count). The van der Waals surface area contributed by atoms with Gasteiger partial charge in [0.25, 0.3) is 0 Å². The van der Waals surface area contributed by atoms with Gasteiger partial charge in [0.1, 0.15) is 0 Å². The quantitative estimate of drug-likeness (QED) is 0.792. The summed E-state index contributed by atoms with van der Waals surface area (Å²) in [5, 5.41) is 7.90. The third kappa shape index (κ3) is 5.48. The van der Waals surface area contributed by atoms with Crippen molar-refractivity contribution < 1.29 is 19.5 Å². The van der Waals surface area contributed by atoms with Crippen LogP contribution in [0.3, 0.4) is 0 Å². The zero-order chi connectivity index (χ0) is 10.2. The molecule has 0 amide bonds. The van der Waals surface area contributed by atoms with E-state index in [0.29, 0.717) is 0 Å². The van der Waals surface area contributed by atoms with E-state index in [2.05, 4.69) is 24.0 Å². The second-order valence-electron chi connectivity index (χ2n) is 2.72. The van der Waals surface area contributed by atoms with E-state index >= 15 is 0 Å². The Kier molecular flexibility index (Phi) is 7.83. The summed E-state index contributed by atoms with van der Waals surface area (Å²) < 4.78 is 3.75. The molecule has 15 heavy (non-hydrogen) atoms. The van der Waals surface area contributed by atoms with E-state index < -0.39 is 0 Å². The van der Waals surface area contributed by atoms with E-state index in [9.17, 15) is 0 Å². The van der Waals surface area contributed by atoms with Gasteiger partial charge < -0.3 is 0 Å². The summed E-state index contributed by atoms with van der Waals surface area (Å²) in [4.78, 5) is 0. The molecule has 2 aromatic heterocycles. The van der Waals surface area contributed by atoms with E-state index in [0.717, 1.165) is 13.1 Å². The maximum Gasteiger partial charge on any atom is 3.00 e. The molecule has 0 bridgehead atoms. The molecular weight excluding hydrogens is 277 g/mol. The van der Waals surface area contributed by atoms with Crippen molar-refractivity contribution in [3.05, 3.63) is 36.9 Å². The van der Waals surface area contributed by atoms with Gasteiger partial charge in [0.15, 0.2) is 0 Å². The Bertz CT molecular complexity index is 281. The van der Waals surface area contributed by atoms with Crippen LogP contribution in [-0.2, 0) is 32.6 Å². The van der Waals surface area contributed by atoms with Gasteiger partial charge in [-0.25, -0.2) is 0 Å². The fourth-order valence-electron chi connectivity index (χ4n) is 0.975. The minimum absolute atomic E-state index is 0. The molecule has 1 radical (unpaired) electrons. The van der Waals surface area contributed by atoms with Gasteiger partial charge in [0.2, 0.25) is 0 Å². The topological polar surface area (TPSA) is 35.6 Å². The molecule has 2 heterocycles. The minimum Gasteiger partial charge on any atom is -0.273 e. The van der Waals surface area contributed by atoms with Crippen molar-refractivity contribution >= 4 is 0 Å². The average molecular weight is 293 g/mol. The summed E-state index contributed by atoms with van der Waals surface area (Å²) >= 11 is 0. The molecule has 0 aliphatic heterocycles. The van der Waals surface area contributed by atoms with Crippen molar-refractivity contribution in [3.8, 4) is 0 Å². The standard InChI is InChI=1S/2C5H8N2.Ru/c2*1-2-7-5-3-4-6-7;/h2*3-5H,2H2,1H3;/q;;+3. The first-order valence-corrected chi connectivity index (χ1v) is 4.81. The fourth-order valence-corrected chi connectivity index (χ4v) is 0.975. The van der Waals surface area contributed by atoms with E-state index in [1.165, 1.54) is 0 Å². The van der Waals surface area contributed by atoms with Crippen LogP contribution < -0.4 is 0 Å². The number of hydrogen-bond donors (Lipinski definition) is 0. The summed E-state index contributed by atoms with van der Waals surface area (Å²) in [6, 6.07) is 3.84. The number of aryl methyl sites for hydroxylation is 2. The van der Waals surface area contributed by atoms with Crippen molar-refractivity contribution in [2.45, 2.75) is 26.9 Å². The number of aromatic nitrogens is 4. The minimum atomic E-state index is 0. The third-order valence-electron chi connectivity index (χ3n) is 1.77. The molecule has 4 nitrogen and oxygen atoms in total. The monoisotopic (exact) mass is 294 g/mol. The van der Waals surface area contributed by atoms with E-state index in [1.54, 1.807) is 12.4 Å². The zero-order valence-corrected chi connectivity index (χ0v) is 10.8. The van der Waals surface area contributed by atoms with Gasteiger partial charge in [-0.3, -0.25) is 9.36 Å². The second kappa shape index (κ2) is 8.36. The molecule has 81 valence electrons. The van der Waals surface area contributed by atoms with Crippen molar-refractivity contribution in [1.82, 2.24) is 19.6 Å². The molecule has 0 aliphatic rings. The van der Waals surface area contributed by atoms with Crippen molar-refractivity contribution in [2.24, 2.45) is 0 Å². The second-order valence-corrected chi connectivity index (χ2v) is 2.72. The average Bonchev–Trinajstić information content (AvgIpc) is 2.92. The molecular formula is C10H16N4Ru+3. The number of nitrogens with zero attached hydrogens (tertiary/aromatic N) is 4. The normalized spacial score (nSPS) is 8.67. The van der Waals surface area contributed by atoms with Gasteiger partial charge in [-0.05, 0) is 26.0 Å². The Balaban J connectivity index is 0.000000245. The van der Waals surface area contributed by atoms with Crippen molar-refractivity contribution in [1.29, 1.82) is 0 Å². The maximum absolute atomic E-state index is 3.95. The molecule has 0 N–H and O–H groups in total. The molecule has 0 aromatic carbocycles. The Hall–Kier alpha value is -0.957. The van der Waals surface area contributed by atoms with Crippen molar-refractivity contribution in [2.75, 3.05) is 0 Å². The van der Waals surface area contributed by atoms with E-state index in [-0.39, 0.29) is 19.5 Å². The zero-order valence-electron chi connectivity index (χ0n) is 9.02. The summed E-state index contributed by atoms with van der Waals surface area (Å²) in [5.41, 5.74) is 0. The van der Waals surface area contributed by atoms with Crippen LogP contribution in [0.5, 0.6) is 0 Å². The molecule has 0 saturated carbocycles. The van der Waals surface area contributed by atoms with Crippen LogP contribution >= 0.6 is 0 Å². The molecule has 0 unspecified atom stereocenters. The molecule has 0 saturated heterocycles. The van der Waals surface area contributed by atoms with Crippen LogP contribution in [0.1, 0.15) is 13.8 Å². The Labute approximate surface area is 103 Å². The van der Waals surface area contributed by atoms with Gasteiger partial charge in [0.05, 0.1) is 0 Å². The summed E-state index contributed by atoms with van der Waals surface area (Å²) in [6.45, 7) is 6.06. The van der Waals surface area contributed by atoms with Gasteiger partial charge in [-0.1, -0.05) is 0 Å². The first kappa shape index (κ1) is 14.0. The van der Waals surface area contributed by atoms with Gasteiger partial charge in [-0.15, -0.1) is 0 Å². The predicted molar refractivity (Wildman–Crippen MR) is 55.8 cm³/mol. The summed E-state index contributed by atoms with van der Waals surface area (Å²) in [7, 11) is 0. The molecule has 0 fully saturated rings. The molecule has 0 aliphatic carbocycles. The summed E-state index contributed by atoms with van der Waals surface area (Å²) in [6.07, 6.45) is 7.45. The van der Waals surface area contributed by atoms with E-state index in [4.69, 9.17) is 0 Å². The SMILES string of the molecule is CCn1cccn1.CCn1cccn1.[Ru+3]. The third-order valence-corrected chi connectivity index (χ3v) is 1.77. The predicted octanol–water partition coefficient (Wildman–Crippen LogP) is 1.80. The first-order chi connectivity index (χ1) is 6.86. The Morgan fingerprint density at radius 2 is 1.27 bits per heavy atom. The van der Waals surface area contributed by atoms with Gasteiger partial charge >= 0.3 is 19.5 Å². The summed E-state index contributed by atoms with van der Waals surface area (Å²) in [5.74, 6) is 0. The smallest absolute Gasteiger partial charge is 0.273 e. The largest absolute Gasteiger partial charge is 3.00 e. The number of hydrogen-bond acceptors (Lipinski definition) is 2. The molecule has 2 aromatic rings. The van der Waals surface area contributed by atoms with Crippen molar-refractivity contribution in [3.63, 3.8) is 0 Å². The van der Waals surface area contributed by atoms with Crippen LogP contribution in [-0.4, -0.2) is 19.6 Å². The van der Waals surface area contributed by atoms with Crippen LogP contribution in [0.2, 0.25) is 0 Å². The van der Waals surface area contributed by atoms with Crippen LogP contribution in [0, 0.1) is 0 Å². The maximum atomic E-state index is 3.95. The van der Waals surface area contributed by atoms with Crippen LogP contribution in [0.25, 0.3) is 0 Å². The Morgan fingerprint density at radius 1 is 0.867 bits per heavy atom. The number of rotatable bonds is 2. The van der Waals surface area contributed by atoms with Gasteiger partial charge in [-0.2, -0.15) is 10.2 Å². The van der Waals surface area contributed by atoms with Gasteiger partial charge in [0, 0.05) is 37.9 Å². The Morgan fingerprint density at radius 3 is 1.40 bits per heavy atom. The van der Waals surface area contributed by atoms with E-state index in [1.807, 2.05) is 33.9 Å². The van der Waals surface area contributed by atoms with Crippen LogP contribution in [0.15, 0.2) is 36.9 Å².